The summed E-state index contributed by atoms with van der Waals surface area (Å²) in [4.78, 5) is 32.1. The first-order chi connectivity index (χ1) is 23.5. The van der Waals surface area contributed by atoms with E-state index in [4.69, 9.17) is 16.3 Å². The molecule has 1 unspecified atom stereocenters. The molecule has 0 saturated heterocycles. The quantitative estimate of drug-likeness (QED) is 0.149. The lowest BCUT2D eigenvalue weighted by Gasteiger charge is -2.43. The number of hydrogen-bond acceptors (Lipinski definition) is 7. The van der Waals surface area contributed by atoms with Gasteiger partial charge in [0.1, 0.15) is 28.1 Å². The monoisotopic (exact) mass is 748 g/mol. The van der Waals surface area contributed by atoms with Gasteiger partial charge in [0.15, 0.2) is 0 Å². The third kappa shape index (κ3) is 8.30. The molecule has 3 N–H and O–H groups in total. The Balaban J connectivity index is 1.52. The van der Waals surface area contributed by atoms with Crippen LogP contribution in [0.2, 0.25) is 5.02 Å². The number of amides is 2. The van der Waals surface area contributed by atoms with Crippen LogP contribution >= 0.6 is 22.9 Å². The van der Waals surface area contributed by atoms with Gasteiger partial charge in [0, 0.05) is 36.0 Å². The Morgan fingerprint density at radius 3 is 2.30 bits per heavy atom. The number of ether oxygens (including phenoxy) is 1. The number of methoxy groups -OCH3 is 1. The average Bonchev–Trinajstić information content (AvgIpc) is 3.41. The van der Waals surface area contributed by atoms with Gasteiger partial charge in [-0.2, -0.15) is 0 Å². The van der Waals surface area contributed by atoms with Crippen LogP contribution in [0, 0.1) is 23.0 Å². The number of rotatable bonds is 10. The Hall–Kier alpha value is -4.01. The summed E-state index contributed by atoms with van der Waals surface area (Å²) in [5, 5.41) is 12.0. The fourth-order valence-corrected chi connectivity index (χ4v) is 8.74. The molecule has 0 radical (unpaired) electrons. The van der Waals surface area contributed by atoms with Gasteiger partial charge >= 0.3 is 6.09 Å². The maximum atomic E-state index is 14.8. The molecule has 1 fully saturated rings. The number of pyridine rings is 1. The molecule has 50 heavy (non-hydrogen) atoms. The molecule has 2 aromatic heterocycles. The minimum absolute atomic E-state index is 0.0150. The fourth-order valence-electron chi connectivity index (χ4n) is 6.73. The topological polar surface area (TPSA) is 138 Å². The van der Waals surface area contributed by atoms with Gasteiger partial charge in [0.25, 0.3) is 5.91 Å². The zero-order valence-electron chi connectivity index (χ0n) is 28.2. The van der Waals surface area contributed by atoms with E-state index in [1.165, 1.54) is 13.3 Å². The maximum Gasteiger partial charge on any atom is 0.404 e. The number of fused-ring (bicyclic) bond motifs is 1. The van der Waals surface area contributed by atoms with Crippen LogP contribution in [0.1, 0.15) is 61.7 Å². The number of nitrogens with one attached hydrogen (secondary N) is 2. The lowest BCUT2D eigenvalue weighted by molar-refractivity contribution is 0.0543. The second-order valence-electron chi connectivity index (χ2n) is 13.6. The first-order valence-corrected chi connectivity index (χ1v) is 19.0. The third-order valence-corrected chi connectivity index (χ3v) is 11.3. The molecule has 1 atom stereocenters. The molecule has 10 nitrogen and oxygen atoms in total. The van der Waals surface area contributed by atoms with Crippen LogP contribution in [0.5, 0.6) is 5.75 Å². The zero-order chi connectivity index (χ0) is 36.5. The maximum absolute atomic E-state index is 14.8. The second-order valence-corrected chi connectivity index (χ2v) is 16.8. The van der Waals surface area contributed by atoms with E-state index in [1.54, 1.807) is 23.1 Å². The van der Waals surface area contributed by atoms with Gasteiger partial charge in [0.2, 0.25) is 10.0 Å². The van der Waals surface area contributed by atoms with Crippen molar-refractivity contribution >= 4 is 60.9 Å². The van der Waals surface area contributed by atoms with Crippen molar-refractivity contribution in [3.05, 3.63) is 75.8 Å². The van der Waals surface area contributed by atoms with Crippen molar-refractivity contribution in [3.63, 3.8) is 0 Å². The molecule has 1 aliphatic rings. The molecule has 2 heterocycles. The van der Waals surface area contributed by atoms with Crippen LogP contribution in [0.15, 0.2) is 48.7 Å². The lowest BCUT2D eigenvalue weighted by atomic mass is 9.72. The zero-order valence-corrected chi connectivity index (χ0v) is 30.6. The van der Waals surface area contributed by atoms with Crippen LogP contribution in [0.4, 0.5) is 19.4 Å². The molecule has 4 aromatic rings. The van der Waals surface area contributed by atoms with E-state index >= 15 is 0 Å². The number of anilines is 1. The van der Waals surface area contributed by atoms with Crippen molar-refractivity contribution in [2.75, 3.05) is 18.1 Å². The summed E-state index contributed by atoms with van der Waals surface area (Å²) in [7, 11) is -2.00. The molecular formula is C35H39ClF2N4O6S2. The highest BCUT2D eigenvalue weighted by Crippen LogP contribution is 2.42. The largest absolute Gasteiger partial charge is 0.496 e. The van der Waals surface area contributed by atoms with Gasteiger partial charge in [-0.1, -0.05) is 38.4 Å². The van der Waals surface area contributed by atoms with Crippen LogP contribution in [0.3, 0.4) is 0 Å². The van der Waals surface area contributed by atoms with Crippen LogP contribution in [0.25, 0.3) is 21.2 Å². The van der Waals surface area contributed by atoms with Crippen molar-refractivity contribution < 1.29 is 36.6 Å². The van der Waals surface area contributed by atoms with Gasteiger partial charge in [-0.15, -0.1) is 11.3 Å². The molecular weight excluding hydrogens is 710 g/mol. The number of halogens is 3. The third-order valence-electron chi connectivity index (χ3n) is 9.01. The van der Waals surface area contributed by atoms with E-state index < -0.39 is 33.7 Å². The first-order valence-electron chi connectivity index (χ1n) is 15.9. The lowest BCUT2D eigenvalue weighted by Crippen LogP contribution is -2.50. The Morgan fingerprint density at radius 1 is 1.08 bits per heavy atom. The molecule has 1 aliphatic carbocycles. The molecule has 5 rings (SSSR count). The Bertz CT molecular complexity index is 2010. The van der Waals surface area contributed by atoms with E-state index in [9.17, 15) is 31.9 Å². The predicted octanol–water partition coefficient (Wildman–Crippen LogP) is 8.16. The molecule has 0 spiro atoms. The molecule has 2 aromatic carbocycles. The van der Waals surface area contributed by atoms with E-state index in [2.05, 4.69) is 15.0 Å². The Kier molecular flexibility index (Phi) is 10.9. The van der Waals surface area contributed by atoms with Gasteiger partial charge < -0.3 is 20.1 Å². The van der Waals surface area contributed by atoms with E-state index in [0.717, 1.165) is 35.3 Å². The first kappa shape index (κ1) is 37.3. The molecule has 15 heteroatoms. The van der Waals surface area contributed by atoms with Crippen LogP contribution in [-0.4, -0.2) is 60.9 Å². The number of hydrogen-bond donors (Lipinski definition) is 3. The van der Waals surface area contributed by atoms with Gasteiger partial charge in [-0.3, -0.25) is 9.52 Å². The Labute approximate surface area is 298 Å². The number of nitrogens with zero attached hydrogens (tertiary/aromatic N) is 2. The molecule has 1 saturated carbocycles. The summed E-state index contributed by atoms with van der Waals surface area (Å²) >= 11 is 7.42. The van der Waals surface area contributed by atoms with E-state index in [1.807, 2.05) is 32.9 Å². The molecule has 2 amide bonds. The van der Waals surface area contributed by atoms with E-state index in [0.29, 0.717) is 42.6 Å². The second kappa shape index (κ2) is 14.7. The summed E-state index contributed by atoms with van der Waals surface area (Å²) in [6.45, 7) is 6.03. The highest BCUT2D eigenvalue weighted by atomic mass is 35.5. The van der Waals surface area contributed by atoms with Crippen molar-refractivity contribution in [2.45, 2.75) is 65.1 Å². The number of thiophene rings is 1. The molecule has 0 aliphatic heterocycles. The van der Waals surface area contributed by atoms with Crippen LogP contribution in [-0.2, 0) is 16.6 Å². The van der Waals surface area contributed by atoms with Gasteiger partial charge in [-0.25, -0.2) is 27.0 Å². The number of carboxylic acid groups (broad SMARTS) is 1. The minimum Gasteiger partial charge on any atom is -0.496 e. The summed E-state index contributed by atoms with van der Waals surface area (Å²) < 4.78 is 60.9. The highest BCUT2D eigenvalue weighted by molar-refractivity contribution is 7.92. The van der Waals surface area contributed by atoms with Crippen molar-refractivity contribution in [1.29, 1.82) is 0 Å². The average molecular weight is 749 g/mol. The minimum atomic E-state index is -3.51. The van der Waals surface area contributed by atoms with Crippen molar-refractivity contribution in [3.8, 4) is 16.9 Å². The summed E-state index contributed by atoms with van der Waals surface area (Å²) in [6, 6.07) is 10.1. The van der Waals surface area contributed by atoms with Gasteiger partial charge in [0.05, 0.1) is 28.5 Å². The standard InChI is InChI=1S/C35H39ClF2N4O6S2/c1-35(2,3)32(40-34(44)45)19-6-10-23(11-7-19)42(33(43)31-29(36)28-24(37)12-13-25(38)30(28)49-31)18-22-16-20(8-14-26(22)48-4)21-9-15-27(39-17-21)41-50(5,46)47/h8-9,12-17,19,23,32,40H,6-7,10-11,18H2,1-5H3,(H,39,41)(H,44,45). The summed E-state index contributed by atoms with van der Waals surface area (Å²) in [5.41, 5.74) is 1.72. The van der Waals surface area contributed by atoms with Gasteiger partial charge in [-0.05, 0) is 79.0 Å². The highest BCUT2D eigenvalue weighted by Gasteiger charge is 2.39. The van der Waals surface area contributed by atoms with Crippen molar-refractivity contribution in [2.24, 2.45) is 11.3 Å². The van der Waals surface area contributed by atoms with Crippen molar-refractivity contribution in [1.82, 2.24) is 15.2 Å². The SMILES string of the molecule is COc1ccc(-c2ccc(NS(C)(=O)=O)nc2)cc1CN(C(=O)c1sc2c(F)ccc(F)c2c1Cl)C1CCC(C(NC(=O)O)C(C)(C)C)CC1. The normalized spacial score (nSPS) is 17.3. The molecule has 0 bridgehead atoms. The summed E-state index contributed by atoms with van der Waals surface area (Å²) in [6.07, 6.45) is 3.85. The smallest absolute Gasteiger partial charge is 0.404 e. The number of benzene rings is 2. The Morgan fingerprint density at radius 2 is 1.74 bits per heavy atom. The summed E-state index contributed by atoms with van der Waals surface area (Å²) in [5.74, 6) is -1.20. The fraction of sp³-hybridized carbons (Fsp3) is 0.400. The predicted molar refractivity (Wildman–Crippen MR) is 191 cm³/mol. The number of sulfonamides is 1. The number of carbonyl (C=O) groups excluding carboxylic acids is 1. The number of carbonyl (C=O) groups is 2. The van der Waals surface area contributed by atoms with E-state index in [-0.39, 0.29) is 55.8 Å². The number of aromatic nitrogens is 1. The van der Waals surface area contributed by atoms with Crippen LogP contribution < -0.4 is 14.8 Å². The molecule has 268 valence electrons.